The van der Waals surface area contributed by atoms with Gasteiger partial charge in [0.05, 0.1) is 30.4 Å². The van der Waals surface area contributed by atoms with E-state index in [1.807, 2.05) is 48.5 Å². The number of carbonyl (C=O) groups excluding carboxylic acids is 1. The molecule has 0 aliphatic heterocycles. The molecule has 0 saturated carbocycles. The quantitative estimate of drug-likeness (QED) is 0.420. The van der Waals surface area contributed by atoms with Crippen LogP contribution in [0.25, 0.3) is 11.0 Å². The van der Waals surface area contributed by atoms with E-state index >= 15 is 0 Å². The summed E-state index contributed by atoms with van der Waals surface area (Å²) < 4.78 is 13.2. The van der Waals surface area contributed by atoms with Crippen molar-refractivity contribution in [3.63, 3.8) is 0 Å². The third kappa shape index (κ3) is 4.32. The molecule has 6 nitrogen and oxygen atoms in total. The maximum absolute atomic E-state index is 12.5. The Kier molecular flexibility index (Phi) is 5.61. The lowest BCUT2D eigenvalue weighted by molar-refractivity contribution is 0.0748. The number of fused-ring (bicyclic) bond motifs is 1. The van der Waals surface area contributed by atoms with Crippen LogP contribution in [0.5, 0.6) is 5.75 Å². The van der Waals surface area contributed by atoms with Crippen LogP contribution in [0.2, 0.25) is 0 Å². The summed E-state index contributed by atoms with van der Waals surface area (Å²) in [5, 5.41) is 0. The number of para-hydroxylation sites is 3. The molecule has 0 bridgehead atoms. The van der Waals surface area contributed by atoms with Crippen molar-refractivity contribution >= 4 is 16.9 Å². The van der Waals surface area contributed by atoms with Gasteiger partial charge in [0.2, 0.25) is 0 Å². The Labute approximate surface area is 169 Å². The van der Waals surface area contributed by atoms with E-state index < -0.39 is 0 Å². The molecular weight excluding hydrogens is 366 g/mol. The average molecular weight is 389 g/mol. The summed E-state index contributed by atoms with van der Waals surface area (Å²) in [4.78, 5) is 18.9. The van der Waals surface area contributed by atoms with Crippen molar-refractivity contribution < 1.29 is 13.9 Å². The molecule has 4 aromatic rings. The number of benzene rings is 2. The summed E-state index contributed by atoms with van der Waals surface area (Å²) in [6, 6.07) is 21.2. The van der Waals surface area contributed by atoms with Gasteiger partial charge in [-0.2, -0.15) is 0 Å². The first-order valence-electron chi connectivity index (χ1n) is 9.63. The van der Waals surface area contributed by atoms with Gasteiger partial charge in [0.1, 0.15) is 11.6 Å². The van der Waals surface area contributed by atoms with Gasteiger partial charge in [-0.1, -0.05) is 30.3 Å². The summed E-state index contributed by atoms with van der Waals surface area (Å²) in [6.45, 7) is 1.76. The van der Waals surface area contributed by atoms with Crippen LogP contribution in [0.1, 0.15) is 22.8 Å². The maximum atomic E-state index is 12.5. The highest BCUT2D eigenvalue weighted by molar-refractivity contribution is 5.91. The molecule has 2 heterocycles. The van der Waals surface area contributed by atoms with Crippen LogP contribution in [0, 0.1) is 0 Å². The Morgan fingerprint density at radius 2 is 1.86 bits per heavy atom. The van der Waals surface area contributed by atoms with E-state index in [0.29, 0.717) is 18.9 Å². The number of hydrogen-bond donors (Lipinski definition) is 0. The lowest BCUT2D eigenvalue weighted by Gasteiger charge is -2.17. The Balaban J connectivity index is 1.47. The summed E-state index contributed by atoms with van der Waals surface area (Å²) in [7, 11) is 1.76. The van der Waals surface area contributed by atoms with Crippen LogP contribution in [0.3, 0.4) is 0 Å². The van der Waals surface area contributed by atoms with Crippen LogP contribution in [0.4, 0.5) is 0 Å². The molecule has 148 valence electrons. The standard InChI is InChI=1S/C23H23N3O3/c1-25(23(27)21-13-7-15-29-21)17-22-24-19-11-5-6-12-20(19)26(22)14-8-16-28-18-9-3-2-4-10-18/h2-7,9-13,15H,8,14,16-17H2,1H3. The zero-order valence-corrected chi connectivity index (χ0v) is 16.3. The van der Waals surface area contributed by atoms with Crippen molar-refractivity contribution in [2.45, 2.75) is 19.5 Å². The first kappa shape index (κ1) is 18.8. The van der Waals surface area contributed by atoms with Gasteiger partial charge in [0.15, 0.2) is 5.76 Å². The molecule has 4 rings (SSSR count). The molecule has 0 aliphatic rings. The topological polar surface area (TPSA) is 60.5 Å². The predicted molar refractivity (Wildman–Crippen MR) is 111 cm³/mol. The van der Waals surface area contributed by atoms with Crippen molar-refractivity contribution in [1.82, 2.24) is 14.5 Å². The van der Waals surface area contributed by atoms with Crippen LogP contribution >= 0.6 is 0 Å². The Morgan fingerprint density at radius 3 is 2.66 bits per heavy atom. The molecule has 0 N–H and O–H groups in total. The van der Waals surface area contributed by atoms with E-state index in [2.05, 4.69) is 10.6 Å². The number of aromatic nitrogens is 2. The van der Waals surface area contributed by atoms with Crippen molar-refractivity contribution in [3.05, 3.63) is 84.6 Å². The summed E-state index contributed by atoms with van der Waals surface area (Å²) in [5.74, 6) is 1.87. The van der Waals surface area contributed by atoms with Crippen LogP contribution in [0.15, 0.2) is 77.4 Å². The number of aryl methyl sites for hydroxylation is 1. The SMILES string of the molecule is CN(Cc1nc2ccccc2n1CCCOc1ccccc1)C(=O)c1ccco1. The monoisotopic (exact) mass is 389 g/mol. The van der Waals surface area contributed by atoms with Gasteiger partial charge in [-0.05, 0) is 42.8 Å². The molecule has 0 spiro atoms. The molecule has 29 heavy (non-hydrogen) atoms. The van der Waals surface area contributed by atoms with Crippen molar-refractivity contribution in [2.24, 2.45) is 0 Å². The van der Waals surface area contributed by atoms with Crippen LogP contribution < -0.4 is 4.74 Å². The molecule has 2 aromatic heterocycles. The summed E-state index contributed by atoms with van der Waals surface area (Å²) in [5.41, 5.74) is 1.98. The molecule has 1 amide bonds. The zero-order chi connectivity index (χ0) is 20.1. The normalized spacial score (nSPS) is 10.9. The van der Waals surface area contributed by atoms with Gasteiger partial charge in [-0.15, -0.1) is 0 Å². The number of carbonyl (C=O) groups is 1. The highest BCUT2D eigenvalue weighted by Gasteiger charge is 2.18. The number of hydrogen-bond acceptors (Lipinski definition) is 4. The van der Waals surface area contributed by atoms with Gasteiger partial charge in [-0.3, -0.25) is 4.79 Å². The fourth-order valence-electron chi connectivity index (χ4n) is 3.30. The van der Waals surface area contributed by atoms with Crippen LogP contribution in [-0.4, -0.2) is 34.0 Å². The lowest BCUT2D eigenvalue weighted by atomic mass is 10.3. The van der Waals surface area contributed by atoms with Crippen molar-refractivity contribution in [2.75, 3.05) is 13.7 Å². The molecule has 0 fully saturated rings. The summed E-state index contributed by atoms with van der Waals surface area (Å²) >= 11 is 0. The molecule has 0 radical (unpaired) electrons. The largest absolute Gasteiger partial charge is 0.494 e. The summed E-state index contributed by atoms with van der Waals surface area (Å²) in [6.07, 6.45) is 2.33. The smallest absolute Gasteiger partial charge is 0.289 e. The van der Waals surface area contributed by atoms with Crippen molar-refractivity contribution in [3.8, 4) is 5.75 Å². The van der Waals surface area contributed by atoms with E-state index in [4.69, 9.17) is 14.1 Å². The minimum absolute atomic E-state index is 0.166. The van der Waals surface area contributed by atoms with E-state index in [1.165, 1.54) is 6.26 Å². The first-order chi connectivity index (χ1) is 14.2. The first-order valence-corrected chi connectivity index (χ1v) is 9.63. The van der Waals surface area contributed by atoms with Gasteiger partial charge in [0.25, 0.3) is 5.91 Å². The molecule has 2 aromatic carbocycles. The number of ether oxygens (including phenoxy) is 1. The van der Waals surface area contributed by atoms with Gasteiger partial charge in [0, 0.05) is 13.6 Å². The number of amides is 1. The third-order valence-electron chi connectivity index (χ3n) is 4.73. The third-order valence-corrected chi connectivity index (χ3v) is 4.73. The molecule has 0 atom stereocenters. The second kappa shape index (κ2) is 8.65. The highest BCUT2D eigenvalue weighted by atomic mass is 16.5. The minimum Gasteiger partial charge on any atom is -0.494 e. The molecular formula is C23H23N3O3. The maximum Gasteiger partial charge on any atom is 0.289 e. The van der Waals surface area contributed by atoms with Gasteiger partial charge in [-0.25, -0.2) is 4.98 Å². The molecule has 0 saturated heterocycles. The number of nitrogens with zero attached hydrogens (tertiary/aromatic N) is 3. The number of imidazole rings is 1. The average Bonchev–Trinajstić information content (AvgIpc) is 3.40. The van der Waals surface area contributed by atoms with E-state index in [9.17, 15) is 4.79 Å². The molecule has 6 heteroatoms. The fourth-order valence-corrected chi connectivity index (χ4v) is 3.30. The predicted octanol–water partition coefficient (Wildman–Crippen LogP) is 4.37. The van der Waals surface area contributed by atoms with Crippen molar-refractivity contribution in [1.29, 1.82) is 0 Å². The van der Waals surface area contributed by atoms with E-state index in [0.717, 1.165) is 35.6 Å². The minimum atomic E-state index is -0.166. The molecule has 0 unspecified atom stereocenters. The highest BCUT2D eigenvalue weighted by Crippen LogP contribution is 2.19. The fraction of sp³-hybridized carbons (Fsp3) is 0.217. The second-order valence-electron chi connectivity index (χ2n) is 6.82. The van der Waals surface area contributed by atoms with E-state index in [-0.39, 0.29) is 5.91 Å². The van der Waals surface area contributed by atoms with Gasteiger partial charge >= 0.3 is 0 Å². The Hall–Kier alpha value is -3.54. The Morgan fingerprint density at radius 1 is 1.07 bits per heavy atom. The van der Waals surface area contributed by atoms with Crippen LogP contribution in [-0.2, 0) is 13.1 Å². The number of rotatable bonds is 8. The van der Waals surface area contributed by atoms with Gasteiger partial charge < -0.3 is 18.6 Å². The Bertz CT molecular complexity index is 1070. The lowest BCUT2D eigenvalue weighted by Crippen LogP contribution is -2.27. The molecule has 0 aliphatic carbocycles. The zero-order valence-electron chi connectivity index (χ0n) is 16.3. The van der Waals surface area contributed by atoms with E-state index in [1.54, 1.807) is 24.1 Å². The second-order valence-corrected chi connectivity index (χ2v) is 6.82. The number of furan rings is 1.